The first-order chi connectivity index (χ1) is 15.8. The summed E-state index contributed by atoms with van der Waals surface area (Å²) < 4.78 is 7.70. The minimum atomic E-state index is -2.16. The topological polar surface area (TPSA) is 122 Å². The van der Waals surface area contributed by atoms with E-state index in [9.17, 15) is 24.9 Å². The van der Waals surface area contributed by atoms with Crippen molar-refractivity contribution in [1.82, 2.24) is 9.78 Å². The number of aromatic nitrogens is 2. The quantitative estimate of drug-likeness (QED) is 0.401. The minimum Gasteiger partial charge on any atom is -0.450 e. The second-order valence-electron chi connectivity index (χ2n) is 11.2. The Labute approximate surface area is 206 Å². The zero-order valence-electron chi connectivity index (χ0n) is 19.9. The zero-order chi connectivity index (χ0) is 25.0. The predicted molar refractivity (Wildman–Crippen MR) is 125 cm³/mol. The fraction of sp³-hybridized carbons (Fsp3) is 0.640. The Morgan fingerprint density at radius 1 is 1.38 bits per heavy atom. The molecule has 1 aromatic rings. The first kappa shape index (κ1) is 23.9. The van der Waals surface area contributed by atoms with Crippen LogP contribution >= 0.6 is 15.9 Å². The number of hydrogen-bond donors (Lipinski definition) is 3. The zero-order valence-corrected chi connectivity index (χ0v) is 21.5. The van der Waals surface area contributed by atoms with Gasteiger partial charge >= 0.3 is 5.97 Å². The molecule has 1 aromatic heterocycles. The molecule has 0 aliphatic heterocycles. The number of halogens is 1. The third kappa shape index (κ3) is 2.78. The fourth-order valence-corrected chi connectivity index (χ4v) is 7.89. The molecule has 3 N–H and O–H groups in total. The maximum absolute atomic E-state index is 14.3. The molecular formula is C25H31BrN2O6. The molecule has 0 amide bonds. The van der Waals surface area contributed by atoms with Crippen LogP contribution in [-0.4, -0.2) is 61.3 Å². The van der Waals surface area contributed by atoms with Gasteiger partial charge < -0.3 is 20.1 Å². The van der Waals surface area contributed by atoms with Crippen molar-refractivity contribution in [3.05, 3.63) is 39.7 Å². The highest BCUT2D eigenvalue weighted by atomic mass is 79.9. The highest BCUT2D eigenvalue weighted by molar-refractivity contribution is 9.10. The van der Waals surface area contributed by atoms with Gasteiger partial charge in [-0.3, -0.25) is 9.48 Å². The van der Waals surface area contributed by atoms with E-state index in [0.717, 1.165) is 0 Å². The first-order valence-corrected chi connectivity index (χ1v) is 12.5. The summed E-state index contributed by atoms with van der Waals surface area (Å²) in [7, 11) is 1.66. The summed E-state index contributed by atoms with van der Waals surface area (Å²) in [5, 5.41) is 38.2. The lowest BCUT2D eigenvalue weighted by atomic mass is 9.59. The molecule has 8 atom stereocenters. The first-order valence-electron chi connectivity index (χ1n) is 11.7. The summed E-state index contributed by atoms with van der Waals surface area (Å²) in [6.07, 6.45) is 2.80. The van der Waals surface area contributed by atoms with E-state index in [-0.39, 0.29) is 40.2 Å². The van der Waals surface area contributed by atoms with Gasteiger partial charge in [0.2, 0.25) is 0 Å². The van der Waals surface area contributed by atoms with Crippen LogP contribution in [0.25, 0.3) is 0 Å². The lowest BCUT2D eigenvalue weighted by molar-refractivity contribution is -0.190. The lowest BCUT2D eigenvalue weighted by Gasteiger charge is -2.48. The van der Waals surface area contributed by atoms with Gasteiger partial charge in [-0.1, -0.05) is 32.9 Å². The van der Waals surface area contributed by atoms with Crippen LogP contribution in [0.3, 0.4) is 0 Å². The number of fused-ring (bicyclic) bond motifs is 3. The summed E-state index contributed by atoms with van der Waals surface area (Å²) in [4.78, 5) is 27.4. The van der Waals surface area contributed by atoms with Crippen LogP contribution in [0.2, 0.25) is 0 Å². The molecule has 184 valence electrons. The monoisotopic (exact) mass is 534 g/mol. The number of carbonyl (C=O) groups excluding carboxylic acids is 2. The van der Waals surface area contributed by atoms with E-state index in [4.69, 9.17) is 4.74 Å². The van der Waals surface area contributed by atoms with E-state index >= 15 is 0 Å². The van der Waals surface area contributed by atoms with Gasteiger partial charge in [-0.15, -0.1) is 0 Å². The molecule has 0 saturated heterocycles. The van der Waals surface area contributed by atoms with E-state index in [0.29, 0.717) is 16.5 Å². The third-order valence-corrected chi connectivity index (χ3v) is 9.68. The van der Waals surface area contributed by atoms with E-state index in [1.54, 1.807) is 32.3 Å². The second-order valence-corrected chi connectivity index (χ2v) is 12.0. The Balaban J connectivity index is 1.64. The largest absolute Gasteiger partial charge is 0.450 e. The van der Waals surface area contributed by atoms with Gasteiger partial charge in [-0.25, -0.2) is 4.79 Å². The van der Waals surface area contributed by atoms with E-state index in [1.807, 2.05) is 6.92 Å². The van der Waals surface area contributed by atoms with Crippen LogP contribution in [0.1, 0.15) is 44.6 Å². The molecule has 8 nitrogen and oxygen atoms in total. The van der Waals surface area contributed by atoms with Crippen molar-refractivity contribution in [2.45, 2.75) is 51.9 Å². The molecule has 2 fully saturated rings. The number of rotatable bonds is 3. The molecule has 1 heterocycles. The van der Waals surface area contributed by atoms with Crippen LogP contribution in [0.5, 0.6) is 0 Å². The highest BCUT2D eigenvalue weighted by Gasteiger charge is 2.76. The summed E-state index contributed by atoms with van der Waals surface area (Å²) in [5.74, 6) is -1.47. The van der Waals surface area contributed by atoms with Crippen LogP contribution in [0.4, 0.5) is 0 Å². The minimum absolute atomic E-state index is 0.0296. The number of aliphatic hydroxyl groups excluding tert-OH is 2. The normalized spacial score (nSPS) is 42.1. The molecule has 9 heteroatoms. The molecule has 34 heavy (non-hydrogen) atoms. The Morgan fingerprint density at radius 3 is 2.65 bits per heavy atom. The number of ketones is 1. The number of Topliss-reactive ketones (excluding diaryl/α,β-unsaturated/α-hetero) is 1. The average molecular weight is 535 g/mol. The summed E-state index contributed by atoms with van der Waals surface area (Å²) in [6, 6.07) is 0. The van der Waals surface area contributed by atoms with Crippen molar-refractivity contribution in [1.29, 1.82) is 0 Å². The molecule has 5 rings (SSSR count). The standard InChI is InChI=1S/C25H31BrN2O6/c1-11-8-24-12(2)6-15-17(23(15,3)4)14(20(24)31)7-13(10-29)19(30)25(24,33)21(11)34-22(32)18-16(26)9-28(5)27-18/h7-9,12,14-15,17,19,21,29-30,33H,6,10H2,1-5H3/t12-,14+,15-,17+,19-,21+,24+,25+/m1/s1. The van der Waals surface area contributed by atoms with Gasteiger partial charge in [0.25, 0.3) is 0 Å². The van der Waals surface area contributed by atoms with E-state index in [1.165, 1.54) is 4.68 Å². The SMILES string of the molecule is CC1=C[C@]23C(=O)[C@@H](C=C(CO)[C@@H](O)[C@]2(O)[C@H]1OC(=O)c1nn(C)cc1Br)[C@H]1[C@@H](C[C@H]3C)C1(C)C. The fourth-order valence-electron chi connectivity index (χ4n) is 7.35. The number of aryl methyl sites for hydroxylation is 1. The third-order valence-electron chi connectivity index (χ3n) is 9.10. The predicted octanol–water partition coefficient (Wildman–Crippen LogP) is 2.18. The van der Waals surface area contributed by atoms with E-state index in [2.05, 4.69) is 34.9 Å². The summed E-state index contributed by atoms with van der Waals surface area (Å²) in [6.45, 7) is 7.40. The number of aliphatic hydroxyl groups is 3. The van der Waals surface area contributed by atoms with Gasteiger partial charge in [0.05, 0.1) is 16.5 Å². The number of nitrogens with zero attached hydrogens (tertiary/aromatic N) is 2. The van der Waals surface area contributed by atoms with Crippen molar-refractivity contribution in [3.8, 4) is 0 Å². The molecule has 0 radical (unpaired) electrons. The van der Waals surface area contributed by atoms with Gasteiger partial charge in [-0.2, -0.15) is 5.10 Å². The van der Waals surface area contributed by atoms with Crippen LogP contribution < -0.4 is 0 Å². The number of allylic oxidation sites excluding steroid dienone is 1. The molecule has 1 spiro atoms. The Hall–Kier alpha value is -1.81. The summed E-state index contributed by atoms with van der Waals surface area (Å²) in [5.41, 5.74) is -2.95. The van der Waals surface area contributed by atoms with Crippen LogP contribution in [0, 0.1) is 34.5 Å². The number of esters is 1. The van der Waals surface area contributed by atoms with Gasteiger partial charge in [0.1, 0.15) is 6.10 Å². The van der Waals surface area contributed by atoms with E-state index < -0.39 is 41.7 Å². The van der Waals surface area contributed by atoms with Crippen molar-refractivity contribution < 1.29 is 29.6 Å². The summed E-state index contributed by atoms with van der Waals surface area (Å²) >= 11 is 3.30. The molecule has 4 aliphatic carbocycles. The van der Waals surface area contributed by atoms with Crippen molar-refractivity contribution in [2.75, 3.05) is 6.61 Å². The number of hydrogen-bond acceptors (Lipinski definition) is 7. The van der Waals surface area contributed by atoms with Crippen LogP contribution in [-0.2, 0) is 16.6 Å². The highest BCUT2D eigenvalue weighted by Crippen LogP contribution is 2.71. The smallest absolute Gasteiger partial charge is 0.360 e. The van der Waals surface area contributed by atoms with Crippen molar-refractivity contribution in [3.63, 3.8) is 0 Å². The van der Waals surface area contributed by atoms with Gasteiger partial charge in [-0.05, 0) is 63.6 Å². The molecule has 0 aromatic carbocycles. The maximum atomic E-state index is 14.3. The molecule has 0 unspecified atom stereocenters. The second kappa shape index (κ2) is 7.35. The number of carbonyl (C=O) groups is 2. The molecule has 4 aliphatic rings. The Kier molecular flexibility index (Phi) is 5.17. The van der Waals surface area contributed by atoms with Crippen molar-refractivity contribution in [2.24, 2.45) is 41.5 Å². The average Bonchev–Trinajstić information content (AvgIpc) is 3.04. The van der Waals surface area contributed by atoms with Gasteiger partial charge in [0.15, 0.2) is 23.2 Å². The van der Waals surface area contributed by atoms with Crippen molar-refractivity contribution >= 4 is 27.7 Å². The number of ether oxygens (including phenoxy) is 1. The lowest BCUT2D eigenvalue weighted by Crippen LogP contribution is -2.65. The Bertz CT molecular complexity index is 1150. The molecular weight excluding hydrogens is 504 g/mol. The molecule has 2 saturated carbocycles. The maximum Gasteiger partial charge on any atom is 0.360 e. The molecule has 2 bridgehead atoms. The van der Waals surface area contributed by atoms with Gasteiger partial charge in [0, 0.05) is 19.2 Å². The van der Waals surface area contributed by atoms with Crippen LogP contribution in [0.15, 0.2) is 34.0 Å². The Morgan fingerprint density at radius 2 is 2.06 bits per heavy atom.